The van der Waals surface area contributed by atoms with Crippen LogP contribution < -0.4 is 10.9 Å². The maximum absolute atomic E-state index is 12.4. The van der Waals surface area contributed by atoms with Crippen LogP contribution in [0.4, 0.5) is 0 Å². The molecule has 3 rings (SSSR count). The summed E-state index contributed by atoms with van der Waals surface area (Å²) >= 11 is 0. The van der Waals surface area contributed by atoms with E-state index in [-0.39, 0.29) is 23.1 Å². The zero-order valence-corrected chi connectivity index (χ0v) is 11.4. The van der Waals surface area contributed by atoms with Gasteiger partial charge in [-0.3, -0.25) is 14.0 Å². The summed E-state index contributed by atoms with van der Waals surface area (Å²) < 4.78 is 1.43. The second-order valence-electron chi connectivity index (χ2n) is 5.32. The Balaban J connectivity index is 1.97. The first-order valence-electron chi connectivity index (χ1n) is 6.94. The highest BCUT2D eigenvalue weighted by Crippen LogP contribution is 2.17. The quantitative estimate of drug-likeness (QED) is 0.903. The van der Waals surface area contributed by atoms with E-state index in [9.17, 15) is 9.59 Å². The van der Waals surface area contributed by atoms with Crippen molar-refractivity contribution in [3.8, 4) is 0 Å². The zero-order valence-electron chi connectivity index (χ0n) is 11.4. The molecular weight excluding hydrogens is 254 g/mol. The largest absolute Gasteiger partial charge is 0.349 e. The molecule has 1 aliphatic carbocycles. The molecule has 1 amide bonds. The summed E-state index contributed by atoms with van der Waals surface area (Å²) in [6.07, 6.45) is 7.29. The molecule has 0 saturated heterocycles. The minimum absolute atomic E-state index is 0.111. The lowest BCUT2D eigenvalue weighted by atomic mass is 10.2. The molecule has 0 spiro atoms. The molecule has 0 atom stereocenters. The molecule has 2 aromatic rings. The maximum Gasteiger partial charge on any atom is 0.270 e. The predicted octanol–water partition coefficient (Wildman–Crippen LogP) is 1.68. The second kappa shape index (κ2) is 5.07. The number of carbonyl (C=O) groups excluding carboxylic acids is 1. The van der Waals surface area contributed by atoms with Crippen LogP contribution in [0.3, 0.4) is 0 Å². The van der Waals surface area contributed by atoms with Gasteiger partial charge in [-0.25, -0.2) is 4.98 Å². The number of pyridine rings is 1. The Bertz CT molecular complexity index is 715. The van der Waals surface area contributed by atoms with Gasteiger partial charge in [-0.2, -0.15) is 0 Å². The van der Waals surface area contributed by atoms with Gasteiger partial charge in [0.1, 0.15) is 11.2 Å². The first-order chi connectivity index (χ1) is 9.66. The molecule has 2 aromatic heterocycles. The summed E-state index contributed by atoms with van der Waals surface area (Å²) in [6.45, 7) is 1.89. The molecule has 5 heteroatoms. The average molecular weight is 271 g/mol. The Hall–Kier alpha value is -2.17. The summed E-state index contributed by atoms with van der Waals surface area (Å²) in [5.41, 5.74) is 1.30. The van der Waals surface area contributed by atoms with E-state index in [4.69, 9.17) is 0 Å². The zero-order chi connectivity index (χ0) is 14.1. The molecule has 104 valence electrons. The molecule has 1 aliphatic rings. The van der Waals surface area contributed by atoms with E-state index in [1.54, 1.807) is 12.3 Å². The van der Waals surface area contributed by atoms with Crippen molar-refractivity contribution in [1.82, 2.24) is 14.7 Å². The lowest BCUT2D eigenvalue weighted by molar-refractivity contribution is 0.0936. The molecular formula is C15H17N3O2. The number of fused-ring (bicyclic) bond motifs is 1. The van der Waals surface area contributed by atoms with Gasteiger partial charge in [0.2, 0.25) is 0 Å². The van der Waals surface area contributed by atoms with Crippen LogP contribution in [-0.4, -0.2) is 21.3 Å². The molecule has 0 bridgehead atoms. The molecule has 1 fully saturated rings. The van der Waals surface area contributed by atoms with Crippen LogP contribution in [0.15, 0.2) is 29.3 Å². The third kappa shape index (κ3) is 2.19. The topological polar surface area (TPSA) is 63.5 Å². The summed E-state index contributed by atoms with van der Waals surface area (Å²) in [7, 11) is 0. The third-order valence-corrected chi connectivity index (χ3v) is 3.86. The molecule has 0 aliphatic heterocycles. The van der Waals surface area contributed by atoms with Gasteiger partial charge >= 0.3 is 0 Å². The van der Waals surface area contributed by atoms with Crippen LogP contribution in [0.1, 0.15) is 41.6 Å². The molecule has 0 aromatic carbocycles. The van der Waals surface area contributed by atoms with E-state index in [0.717, 1.165) is 31.2 Å². The smallest absolute Gasteiger partial charge is 0.270 e. The van der Waals surface area contributed by atoms with Crippen LogP contribution in [0.25, 0.3) is 5.65 Å². The summed E-state index contributed by atoms with van der Waals surface area (Å²) in [5, 5.41) is 2.92. The van der Waals surface area contributed by atoms with E-state index in [1.807, 2.05) is 13.0 Å². The monoisotopic (exact) mass is 271 g/mol. The molecule has 1 N–H and O–H groups in total. The fourth-order valence-corrected chi connectivity index (χ4v) is 2.74. The van der Waals surface area contributed by atoms with Crippen molar-refractivity contribution in [2.45, 2.75) is 38.6 Å². The molecule has 0 radical (unpaired) electrons. The van der Waals surface area contributed by atoms with Crippen LogP contribution in [0, 0.1) is 6.92 Å². The number of rotatable bonds is 2. The number of nitrogens with zero attached hydrogens (tertiary/aromatic N) is 2. The Morgan fingerprint density at radius 1 is 1.40 bits per heavy atom. The highest BCUT2D eigenvalue weighted by atomic mass is 16.2. The molecule has 0 unspecified atom stereocenters. The van der Waals surface area contributed by atoms with Gasteiger partial charge < -0.3 is 5.32 Å². The van der Waals surface area contributed by atoms with Gasteiger partial charge in [0.15, 0.2) is 0 Å². The average Bonchev–Trinajstić information content (AvgIpc) is 2.93. The summed E-state index contributed by atoms with van der Waals surface area (Å²) in [4.78, 5) is 28.8. The van der Waals surface area contributed by atoms with Crippen LogP contribution in [0.2, 0.25) is 0 Å². The number of amides is 1. The molecule has 5 nitrogen and oxygen atoms in total. The fourth-order valence-electron chi connectivity index (χ4n) is 2.74. The van der Waals surface area contributed by atoms with E-state index >= 15 is 0 Å². The van der Waals surface area contributed by atoms with Gasteiger partial charge in [-0.1, -0.05) is 18.9 Å². The van der Waals surface area contributed by atoms with Gasteiger partial charge in [-0.05, 0) is 31.4 Å². The third-order valence-electron chi connectivity index (χ3n) is 3.86. The highest BCUT2D eigenvalue weighted by molar-refractivity contribution is 5.94. The second-order valence-corrected chi connectivity index (χ2v) is 5.32. The van der Waals surface area contributed by atoms with E-state index in [1.165, 1.54) is 10.6 Å². The summed E-state index contributed by atoms with van der Waals surface area (Å²) in [5.74, 6) is -0.315. The summed E-state index contributed by atoms with van der Waals surface area (Å²) in [6, 6.07) is 3.87. The fraction of sp³-hybridized carbons (Fsp3) is 0.400. The molecule has 2 heterocycles. The molecule has 20 heavy (non-hydrogen) atoms. The maximum atomic E-state index is 12.4. The van der Waals surface area contributed by atoms with Crippen LogP contribution >= 0.6 is 0 Å². The van der Waals surface area contributed by atoms with Crippen molar-refractivity contribution in [3.63, 3.8) is 0 Å². The standard InChI is InChI=1S/C15H17N3O2/c1-10-5-4-8-18-13(10)16-9-12(15(18)20)14(19)17-11-6-2-3-7-11/h4-5,8-9,11H,2-3,6-7H2,1H3,(H,17,19). The normalized spacial score (nSPS) is 15.7. The van der Waals surface area contributed by atoms with Gasteiger partial charge in [-0.15, -0.1) is 0 Å². The Morgan fingerprint density at radius 3 is 2.90 bits per heavy atom. The van der Waals surface area contributed by atoms with Gasteiger partial charge in [0.25, 0.3) is 11.5 Å². The lowest BCUT2D eigenvalue weighted by Crippen LogP contribution is -2.37. The first-order valence-corrected chi connectivity index (χ1v) is 6.94. The number of aromatic nitrogens is 2. The number of hydrogen-bond acceptors (Lipinski definition) is 3. The Kier molecular flexibility index (Phi) is 3.26. The van der Waals surface area contributed by atoms with E-state index in [0.29, 0.717) is 5.65 Å². The highest BCUT2D eigenvalue weighted by Gasteiger charge is 2.20. The Labute approximate surface area is 116 Å². The lowest BCUT2D eigenvalue weighted by Gasteiger charge is -2.12. The first kappa shape index (κ1) is 12.8. The van der Waals surface area contributed by atoms with Crippen molar-refractivity contribution in [3.05, 3.63) is 46.0 Å². The van der Waals surface area contributed by atoms with Crippen molar-refractivity contribution in [1.29, 1.82) is 0 Å². The van der Waals surface area contributed by atoms with Crippen LogP contribution in [0.5, 0.6) is 0 Å². The van der Waals surface area contributed by atoms with Crippen molar-refractivity contribution in [2.24, 2.45) is 0 Å². The van der Waals surface area contributed by atoms with Crippen LogP contribution in [-0.2, 0) is 0 Å². The number of carbonyl (C=O) groups is 1. The van der Waals surface area contributed by atoms with Crippen molar-refractivity contribution in [2.75, 3.05) is 0 Å². The van der Waals surface area contributed by atoms with Crippen molar-refractivity contribution < 1.29 is 4.79 Å². The van der Waals surface area contributed by atoms with Gasteiger partial charge in [0, 0.05) is 18.4 Å². The number of nitrogens with one attached hydrogen (secondary N) is 1. The minimum Gasteiger partial charge on any atom is -0.349 e. The molecule has 1 saturated carbocycles. The minimum atomic E-state index is -0.315. The van der Waals surface area contributed by atoms with E-state index in [2.05, 4.69) is 10.3 Å². The SMILES string of the molecule is Cc1cccn2c(=O)c(C(=O)NC3CCCC3)cnc12. The number of aryl methyl sites for hydroxylation is 1. The van der Waals surface area contributed by atoms with Crippen molar-refractivity contribution >= 4 is 11.6 Å². The predicted molar refractivity (Wildman–Crippen MR) is 75.9 cm³/mol. The Morgan fingerprint density at radius 2 is 2.15 bits per heavy atom. The van der Waals surface area contributed by atoms with E-state index < -0.39 is 0 Å². The van der Waals surface area contributed by atoms with Gasteiger partial charge in [0.05, 0.1) is 0 Å². The number of hydrogen-bond donors (Lipinski definition) is 1.